The van der Waals surface area contributed by atoms with Gasteiger partial charge in [0.25, 0.3) is 0 Å². The van der Waals surface area contributed by atoms with E-state index in [1.165, 1.54) is 11.8 Å². The summed E-state index contributed by atoms with van der Waals surface area (Å²) in [6.45, 7) is 2.31. The average molecular weight is 438 g/mol. The van der Waals surface area contributed by atoms with Crippen molar-refractivity contribution >= 4 is 35.4 Å². The molecule has 0 radical (unpaired) electrons. The van der Waals surface area contributed by atoms with E-state index in [1.54, 1.807) is 23.6 Å². The van der Waals surface area contributed by atoms with Crippen molar-refractivity contribution in [1.82, 2.24) is 25.4 Å². The molecule has 1 aliphatic heterocycles. The smallest absolute Gasteiger partial charge is 0.337 e. The van der Waals surface area contributed by atoms with E-state index in [4.69, 9.17) is 21.1 Å². The van der Waals surface area contributed by atoms with Crippen LogP contribution in [0.2, 0.25) is 5.02 Å². The fraction of sp³-hybridized carbons (Fsp3) is 0.333. The van der Waals surface area contributed by atoms with E-state index in [0.717, 1.165) is 0 Å². The number of hydrogen-bond donors (Lipinski definition) is 2. The number of esters is 1. The zero-order valence-corrected chi connectivity index (χ0v) is 17.5. The highest BCUT2D eigenvalue weighted by Crippen LogP contribution is 2.25. The molecule has 2 N–H and O–H groups in total. The Morgan fingerprint density at radius 1 is 1.34 bits per heavy atom. The van der Waals surface area contributed by atoms with E-state index < -0.39 is 5.97 Å². The number of carbonyl (C=O) groups is 2. The van der Waals surface area contributed by atoms with Gasteiger partial charge in [0.15, 0.2) is 11.0 Å². The molecule has 11 heteroatoms. The number of amides is 2. The molecule has 0 saturated heterocycles. The highest BCUT2D eigenvalue weighted by atomic mass is 35.5. The highest BCUT2D eigenvalue weighted by Gasteiger charge is 2.24. The van der Waals surface area contributed by atoms with Gasteiger partial charge in [0.1, 0.15) is 12.4 Å². The third-order valence-corrected chi connectivity index (χ3v) is 5.40. The lowest BCUT2D eigenvalue weighted by molar-refractivity contribution is -0.138. The van der Waals surface area contributed by atoms with Crippen LogP contribution in [0.5, 0.6) is 5.75 Å². The Bertz CT molecular complexity index is 946. The number of carbonyl (C=O) groups excluding carboxylic acids is 2. The van der Waals surface area contributed by atoms with Crippen LogP contribution < -0.4 is 15.4 Å². The minimum absolute atomic E-state index is 0.121. The topological polar surface area (TPSA) is 107 Å². The summed E-state index contributed by atoms with van der Waals surface area (Å²) in [7, 11) is 1.81. The van der Waals surface area contributed by atoms with Crippen molar-refractivity contribution in [3.05, 3.63) is 46.4 Å². The maximum absolute atomic E-state index is 12.1. The molecule has 0 spiro atoms. The van der Waals surface area contributed by atoms with Gasteiger partial charge in [-0.3, -0.25) is 0 Å². The van der Waals surface area contributed by atoms with E-state index in [1.807, 2.05) is 19.2 Å². The summed E-state index contributed by atoms with van der Waals surface area (Å²) in [5, 5.41) is 14.7. The van der Waals surface area contributed by atoms with E-state index in [2.05, 4.69) is 20.8 Å². The number of urea groups is 1. The third-order valence-electron chi connectivity index (χ3n) is 4.04. The van der Waals surface area contributed by atoms with Gasteiger partial charge in [-0.05, 0) is 19.1 Å². The number of aromatic nitrogens is 3. The summed E-state index contributed by atoms with van der Waals surface area (Å²) in [5.41, 5.74) is 0.887. The number of halogens is 1. The molecular formula is C18H20ClN5O4S. The first-order valence-corrected chi connectivity index (χ1v) is 10.2. The molecule has 154 valence electrons. The monoisotopic (exact) mass is 437 g/mol. The van der Waals surface area contributed by atoms with E-state index in [-0.39, 0.29) is 25.8 Å². The van der Waals surface area contributed by atoms with Crippen molar-refractivity contribution in [3.8, 4) is 5.75 Å². The van der Waals surface area contributed by atoms with E-state index in [9.17, 15) is 9.59 Å². The van der Waals surface area contributed by atoms with Gasteiger partial charge in [-0.1, -0.05) is 35.5 Å². The SMILES string of the molecule is CCOC(=O)C1=C(CSc2nnc(COc3ccccc3Cl)n2C)NC(=O)NC1. The van der Waals surface area contributed by atoms with Crippen molar-refractivity contribution in [1.29, 1.82) is 0 Å². The van der Waals surface area contributed by atoms with Gasteiger partial charge in [0.05, 0.1) is 23.7 Å². The molecule has 1 aromatic heterocycles. The lowest BCUT2D eigenvalue weighted by atomic mass is 10.2. The van der Waals surface area contributed by atoms with Gasteiger partial charge in [0, 0.05) is 18.5 Å². The van der Waals surface area contributed by atoms with Crippen LogP contribution in [-0.4, -0.2) is 45.7 Å². The molecular weight excluding hydrogens is 418 g/mol. The number of benzene rings is 1. The van der Waals surface area contributed by atoms with Gasteiger partial charge < -0.3 is 24.7 Å². The second-order valence-corrected chi connectivity index (χ2v) is 7.30. The second-order valence-electron chi connectivity index (χ2n) is 5.95. The minimum atomic E-state index is -0.456. The Labute approximate surface area is 176 Å². The fourth-order valence-electron chi connectivity index (χ4n) is 2.51. The normalized spacial score (nSPS) is 13.7. The molecule has 2 aromatic rings. The molecule has 0 atom stereocenters. The second kappa shape index (κ2) is 9.66. The predicted molar refractivity (Wildman–Crippen MR) is 108 cm³/mol. The predicted octanol–water partition coefficient (Wildman–Crippen LogP) is 2.27. The number of thioether (sulfide) groups is 1. The zero-order valence-electron chi connectivity index (χ0n) is 15.9. The zero-order chi connectivity index (χ0) is 20.8. The Balaban J connectivity index is 1.66. The van der Waals surface area contributed by atoms with Crippen LogP contribution in [0.4, 0.5) is 4.79 Å². The first-order valence-electron chi connectivity index (χ1n) is 8.82. The number of rotatable bonds is 8. The number of hydrogen-bond acceptors (Lipinski definition) is 7. The maximum atomic E-state index is 12.1. The highest BCUT2D eigenvalue weighted by molar-refractivity contribution is 7.99. The van der Waals surface area contributed by atoms with Crippen molar-refractivity contribution in [2.24, 2.45) is 7.05 Å². The summed E-state index contributed by atoms with van der Waals surface area (Å²) >= 11 is 7.43. The summed E-state index contributed by atoms with van der Waals surface area (Å²) in [6.07, 6.45) is 0. The van der Waals surface area contributed by atoms with Gasteiger partial charge >= 0.3 is 12.0 Å². The van der Waals surface area contributed by atoms with Crippen LogP contribution in [0.25, 0.3) is 0 Å². The molecule has 1 aromatic carbocycles. The molecule has 29 heavy (non-hydrogen) atoms. The lowest BCUT2D eigenvalue weighted by Crippen LogP contribution is -2.44. The van der Waals surface area contributed by atoms with Gasteiger partial charge in [0.2, 0.25) is 0 Å². The first-order chi connectivity index (χ1) is 14.0. The van der Waals surface area contributed by atoms with Crippen LogP contribution in [-0.2, 0) is 23.2 Å². The van der Waals surface area contributed by atoms with Crippen molar-refractivity contribution in [2.45, 2.75) is 18.7 Å². The summed E-state index contributed by atoms with van der Waals surface area (Å²) in [4.78, 5) is 23.8. The Kier molecular flexibility index (Phi) is 6.99. The average Bonchev–Trinajstić information content (AvgIpc) is 3.05. The quantitative estimate of drug-likeness (QED) is 0.481. The molecule has 9 nitrogen and oxygen atoms in total. The first kappa shape index (κ1) is 21.0. The van der Waals surface area contributed by atoms with Crippen molar-refractivity contribution < 1.29 is 19.1 Å². The molecule has 2 amide bonds. The lowest BCUT2D eigenvalue weighted by Gasteiger charge is -2.20. The Morgan fingerprint density at radius 3 is 2.90 bits per heavy atom. The Hall–Kier alpha value is -2.72. The van der Waals surface area contributed by atoms with Crippen LogP contribution in [0.3, 0.4) is 0 Å². The molecule has 0 aliphatic carbocycles. The minimum Gasteiger partial charge on any atom is -0.484 e. The molecule has 1 aliphatic rings. The number of nitrogens with zero attached hydrogens (tertiary/aromatic N) is 3. The van der Waals surface area contributed by atoms with E-state index in [0.29, 0.717) is 38.8 Å². The molecule has 3 rings (SSSR count). The summed E-state index contributed by atoms with van der Waals surface area (Å²) in [5.74, 6) is 1.05. The van der Waals surface area contributed by atoms with Gasteiger partial charge in [-0.15, -0.1) is 10.2 Å². The molecule has 2 heterocycles. The molecule has 0 fully saturated rings. The number of ether oxygens (including phenoxy) is 2. The molecule has 0 bridgehead atoms. The van der Waals surface area contributed by atoms with Gasteiger partial charge in [-0.2, -0.15) is 0 Å². The standard InChI is InChI=1S/C18H20ClN5O4S/c1-3-27-16(25)11-8-20-17(26)21-13(11)10-29-18-23-22-15(24(18)2)9-28-14-7-5-4-6-12(14)19/h4-7H,3,8-10H2,1-2H3,(H2,20,21,26). The fourth-order valence-corrected chi connectivity index (χ4v) is 3.61. The van der Waals surface area contributed by atoms with Crippen molar-refractivity contribution in [2.75, 3.05) is 18.9 Å². The largest absolute Gasteiger partial charge is 0.484 e. The molecule has 0 unspecified atom stereocenters. The van der Waals surface area contributed by atoms with Crippen LogP contribution in [0, 0.1) is 0 Å². The summed E-state index contributed by atoms with van der Waals surface area (Å²) < 4.78 is 12.5. The van der Waals surface area contributed by atoms with E-state index >= 15 is 0 Å². The number of nitrogens with one attached hydrogen (secondary N) is 2. The Morgan fingerprint density at radius 2 is 2.14 bits per heavy atom. The van der Waals surface area contributed by atoms with Crippen LogP contribution in [0.1, 0.15) is 12.7 Å². The summed E-state index contributed by atoms with van der Waals surface area (Å²) in [6, 6.07) is 6.82. The van der Waals surface area contributed by atoms with Crippen molar-refractivity contribution in [3.63, 3.8) is 0 Å². The van der Waals surface area contributed by atoms with Crippen LogP contribution in [0.15, 0.2) is 40.7 Å². The van der Waals surface area contributed by atoms with Crippen LogP contribution >= 0.6 is 23.4 Å². The number of para-hydroxylation sites is 1. The molecule has 0 saturated carbocycles. The maximum Gasteiger partial charge on any atom is 0.337 e. The van der Waals surface area contributed by atoms with Gasteiger partial charge in [-0.25, -0.2) is 9.59 Å². The third kappa shape index (κ3) is 5.21.